The van der Waals surface area contributed by atoms with E-state index in [1.807, 2.05) is 25.7 Å². The topological polar surface area (TPSA) is 101 Å². The largest absolute Gasteiger partial charge is 0.497 e. The Morgan fingerprint density at radius 2 is 1.91 bits per heavy atom. The summed E-state index contributed by atoms with van der Waals surface area (Å²) in [5, 5.41) is 5.74. The van der Waals surface area contributed by atoms with Crippen LogP contribution in [0.1, 0.15) is 92.8 Å². The van der Waals surface area contributed by atoms with E-state index in [4.69, 9.17) is 14.5 Å². The first-order chi connectivity index (χ1) is 20.8. The SMILES string of the molecule is CCO[C@@H]1C[C@@H]2CN(C(=O)[C@@H](NC(=O)[C@H](C)CC)C3CCCCC3)[C@H](c3nc(C(=O)c4cccc(OC)c4)cs3)CN2C1. The molecule has 0 unspecified atom stereocenters. The van der Waals surface area contributed by atoms with Crippen molar-refractivity contribution >= 4 is 28.9 Å². The minimum atomic E-state index is -0.558. The van der Waals surface area contributed by atoms with E-state index in [1.54, 1.807) is 36.8 Å². The van der Waals surface area contributed by atoms with Crippen LogP contribution in [0.4, 0.5) is 0 Å². The van der Waals surface area contributed by atoms with Crippen molar-refractivity contribution in [3.05, 3.63) is 45.9 Å². The van der Waals surface area contributed by atoms with E-state index in [9.17, 15) is 14.4 Å². The van der Waals surface area contributed by atoms with Gasteiger partial charge in [-0.3, -0.25) is 19.3 Å². The Kier molecular flexibility index (Phi) is 10.5. The van der Waals surface area contributed by atoms with Gasteiger partial charge in [0.05, 0.1) is 19.3 Å². The lowest BCUT2D eigenvalue weighted by Gasteiger charge is -2.45. The number of nitrogens with zero attached hydrogens (tertiary/aromatic N) is 3. The Bertz CT molecular complexity index is 1280. The lowest BCUT2D eigenvalue weighted by molar-refractivity contribution is -0.144. The van der Waals surface area contributed by atoms with Crippen LogP contribution in [-0.4, -0.2) is 83.9 Å². The van der Waals surface area contributed by atoms with Crippen LogP contribution in [0.5, 0.6) is 5.75 Å². The van der Waals surface area contributed by atoms with Crippen LogP contribution < -0.4 is 10.1 Å². The third-order valence-electron chi connectivity index (χ3n) is 9.48. The summed E-state index contributed by atoms with van der Waals surface area (Å²) in [5.41, 5.74) is 0.877. The normalized spacial score (nSPS) is 24.3. The van der Waals surface area contributed by atoms with E-state index in [0.717, 1.165) is 50.1 Å². The molecule has 3 aliphatic rings. The van der Waals surface area contributed by atoms with Crippen molar-refractivity contribution in [3.63, 3.8) is 0 Å². The molecule has 2 aromatic rings. The van der Waals surface area contributed by atoms with Gasteiger partial charge in [-0.15, -0.1) is 11.3 Å². The first kappa shape index (κ1) is 31.6. The number of fused-ring (bicyclic) bond motifs is 1. The molecule has 234 valence electrons. The third kappa shape index (κ3) is 7.13. The fourth-order valence-corrected chi connectivity index (χ4v) is 7.71. The quantitative estimate of drug-likeness (QED) is 0.363. The molecular weight excluding hydrogens is 564 g/mol. The predicted octanol–water partition coefficient (Wildman–Crippen LogP) is 4.86. The van der Waals surface area contributed by atoms with Gasteiger partial charge in [-0.1, -0.05) is 45.2 Å². The fourth-order valence-electron chi connectivity index (χ4n) is 6.80. The number of benzene rings is 1. The minimum absolute atomic E-state index is 0.0241. The first-order valence-corrected chi connectivity index (χ1v) is 16.8. The second kappa shape index (κ2) is 14.3. The van der Waals surface area contributed by atoms with Crippen LogP contribution in [0, 0.1) is 11.8 Å². The minimum Gasteiger partial charge on any atom is -0.497 e. The van der Waals surface area contributed by atoms with Crippen LogP contribution in [0.15, 0.2) is 29.6 Å². The van der Waals surface area contributed by atoms with Gasteiger partial charge in [0.25, 0.3) is 0 Å². The van der Waals surface area contributed by atoms with Crippen LogP contribution in [0.3, 0.4) is 0 Å². The van der Waals surface area contributed by atoms with Gasteiger partial charge in [-0.05, 0) is 50.7 Å². The van der Waals surface area contributed by atoms with Gasteiger partial charge in [-0.25, -0.2) is 4.98 Å². The van der Waals surface area contributed by atoms with Crippen LogP contribution in [-0.2, 0) is 14.3 Å². The number of hydrogen-bond acceptors (Lipinski definition) is 8. The van der Waals surface area contributed by atoms with Crippen molar-refractivity contribution in [1.82, 2.24) is 20.1 Å². The molecule has 1 aromatic carbocycles. The fraction of sp³-hybridized carbons (Fsp3) is 0.636. The number of methoxy groups -OCH3 is 1. The summed E-state index contributed by atoms with van der Waals surface area (Å²) in [6.45, 7) is 8.58. The Morgan fingerprint density at radius 1 is 1.12 bits per heavy atom. The standard InChI is InChI=1S/C33H46N4O5S/c1-5-21(3)31(39)35-29(22-11-8-7-9-12-22)33(40)37-17-24-16-26(42-6-2)18-36(24)19-28(37)32-34-27(20-43-32)30(38)23-13-10-14-25(15-23)41-4/h10,13-15,20-22,24,26,28-29H,5-9,11-12,16-19H2,1-4H3,(H,35,39)/t21-,24-,26-,28+,29+/m1/s1. The number of hydrogen-bond donors (Lipinski definition) is 1. The zero-order chi connectivity index (χ0) is 30.5. The molecule has 1 N–H and O–H groups in total. The zero-order valence-corrected chi connectivity index (χ0v) is 26.7. The highest BCUT2D eigenvalue weighted by molar-refractivity contribution is 7.10. The molecule has 0 radical (unpaired) electrons. The van der Waals surface area contributed by atoms with Crippen molar-refractivity contribution < 1.29 is 23.9 Å². The van der Waals surface area contributed by atoms with Crippen LogP contribution in [0.2, 0.25) is 0 Å². The van der Waals surface area contributed by atoms with Crippen molar-refractivity contribution in [2.75, 3.05) is 33.4 Å². The zero-order valence-electron chi connectivity index (χ0n) is 25.9. The van der Waals surface area contributed by atoms with Crippen LogP contribution >= 0.6 is 11.3 Å². The van der Waals surface area contributed by atoms with Crippen LogP contribution in [0.25, 0.3) is 0 Å². The van der Waals surface area contributed by atoms with Crippen molar-refractivity contribution in [2.45, 2.75) is 89.9 Å². The number of carbonyl (C=O) groups excluding carboxylic acids is 3. The molecule has 0 spiro atoms. The molecule has 5 rings (SSSR count). The number of carbonyl (C=O) groups is 3. The number of amides is 2. The maximum absolute atomic E-state index is 14.6. The summed E-state index contributed by atoms with van der Waals surface area (Å²) < 4.78 is 11.3. The molecule has 3 heterocycles. The molecule has 43 heavy (non-hydrogen) atoms. The molecule has 1 aliphatic carbocycles. The summed E-state index contributed by atoms with van der Waals surface area (Å²) in [7, 11) is 1.58. The molecule has 5 atom stereocenters. The average Bonchev–Trinajstić information content (AvgIpc) is 3.69. The van der Waals surface area contributed by atoms with Gasteiger partial charge in [-0.2, -0.15) is 0 Å². The average molecular weight is 611 g/mol. The molecule has 0 bridgehead atoms. The highest BCUT2D eigenvalue weighted by Crippen LogP contribution is 2.37. The van der Waals surface area contributed by atoms with E-state index in [0.29, 0.717) is 36.7 Å². The summed E-state index contributed by atoms with van der Waals surface area (Å²) >= 11 is 1.42. The molecule has 9 nitrogen and oxygen atoms in total. The second-order valence-corrected chi connectivity index (χ2v) is 13.1. The number of piperazine rings is 1. The Labute approximate surface area is 259 Å². The number of rotatable bonds is 11. The van der Waals surface area contributed by atoms with Crippen molar-refractivity contribution in [3.8, 4) is 5.75 Å². The summed E-state index contributed by atoms with van der Waals surface area (Å²) in [4.78, 5) is 50.4. The number of thiazole rings is 1. The smallest absolute Gasteiger partial charge is 0.246 e. The molecule has 2 saturated heterocycles. The van der Waals surface area contributed by atoms with Crippen molar-refractivity contribution in [2.24, 2.45) is 11.8 Å². The van der Waals surface area contributed by atoms with Gasteiger partial charge in [0.15, 0.2) is 0 Å². The Hall–Kier alpha value is -2.82. The number of ether oxygens (including phenoxy) is 2. The predicted molar refractivity (Wildman–Crippen MR) is 166 cm³/mol. The molecule has 2 aliphatic heterocycles. The number of aromatic nitrogens is 1. The summed E-state index contributed by atoms with van der Waals surface area (Å²) in [5.74, 6) is 0.323. The maximum Gasteiger partial charge on any atom is 0.246 e. The molecule has 1 aromatic heterocycles. The van der Waals surface area contributed by atoms with Gasteiger partial charge < -0.3 is 19.7 Å². The van der Waals surface area contributed by atoms with Gasteiger partial charge >= 0.3 is 0 Å². The third-order valence-corrected chi connectivity index (χ3v) is 10.4. The molecular formula is C33H46N4O5S. The Balaban J connectivity index is 1.45. The number of nitrogens with one attached hydrogen (secondary N) is 1. The summed E-state index contributed by atoms with van der Waals surface area (Å²) in [6, 6.07) is 6.40. The number of ketones is 1. The lowest BCUT2D eigenvalue weighted by Crippen LogP contribution is -2.60. The van der Waals surface area contributed by atoms with E-state index < -0.39 is 6.04 Å². The first-order valence-electron chi connectivity index (χ1n) is 15.9. The van der Waals surface area contributed by atoms with E-state index in [2.05, 4.69) is 10.2 Å². The molecule has 3 fully saturated rings. The molecule has 10 heteroatoms. The lowest BCUT2D eigenvalue weighted by atomic mass is 9.82. The molecule has 1 saturated carbocycles. The molecule has 2 amide bonds. The summed E-state index contributed by atoms with van der Waals surface area (Å²) in [6.07, 6.45) is 6.92. The Morgan fingerprint density at radius 3 is 2.63 bits per heavy atom. The highest BCUT2D eigenvalue weighted by atomic mass is 32.1. The van der Waals surface area contributed by atoms with E-state index in [1.165, 1.54) is 17.8 Å². The maximum atomic E-state index is 14.6. The van der Waals surface area contributed by atoms with E-state index >= 15 is 0 Å². The van der Waals surface area contributed by atoms with Gasteiger partial charge in [0.1, 0.15) is 22.5 Å². The van der Waals surface area contributed by atoms with E-state index in [-0.39, 0.29) is 47.6 Å². The monoisotopic (exact) mass is 610 g/mol. The van der Waals surface area contributed by atoms with Crippen molar-refractivity contribution in [1.29, 1.82) is 0 Å². The van der Waals surface area contributed by atoms with Gasteiger partial charge in [0.2, 0.25) is 17.6 Å². The highest BCUT2D eigenvalue weighted by Gasteiger charge is 2.46. The van der Waals surface area contributed by atoms with Gasteiger partial charge in [0, 0.05) is 49.1 Å². The second-order valence-electron chi connectivity index (χ2n) is 12.3.